The van der Waals surface area contributed by atoms with Crippen LogP contribution in [-0.4, -0.2) is 81.4 Å². The average molecular weight is 372 g/mol. The van der Waals surface area contributed by atoms with E-state index in [1.54, 1.807) is 0 Å². The van der Waals surface area contributed by atoms with Crippen LogP contribution in [0, 0.1) is 0 Å². The van der Waals surface area contributed by atoms with Crippen molar-refractivity contribution in [1.82, 2.24) is 24.7 Å². The Morgan fingerprint density at radius 3 is 2.56 bits per heavy atom. The van der Waals surface area contributed by atoms with Crippen molar-refractivity contribution >= 4 is 11.5 Å². The third-order valence-corrected chi connectivity index (χ3v) is 6.35. The lowest BCUT2D eigenvalue weighted by Crippen LogP contribution is -2.48. The van der Waals surface area contributed by atoms with Crippen molar-refractivity contribution in [3.8, 4) is 0 Å². The minimum atomic E-state index is -0.583. The second kappa shape index (κ2) is 7.00. The van der Waals surface area contributed by atoms with Crippen LogP contribution in [0.2, 0.25) is 0 Å². The lowest BCUT2D eigenvalue weighted by Gasteiger charge is -2.39. The van der Waals surface area contributed by atoms with Crippen LogP contribution in [0.15, 0.2) is 12.1 Å². The van der Waals surface area contributed by atoms with Crippen LogP contribution >= 0.6 is 0 Å². The molecule has 2 aromatic rings. The number of fused-ring (bicyclic) bond motifs is 1. The van der Waals surface area contributed by atoms with Gasteiger partial charge in [-0.25, -0.2) is 0 Å². The number of ether oxygens (including phenoxy) is 1. The van der Waals surface area contributed by atoms with E-state index in [2.05, 4.69) is 20.0 Å². The summed E-state index contributed by atoms with van der Waals surface area (Å²) < 4.78 is 7.34. The zero-order valence-corrected chi connectivity index (χ0v) is 15.8. The van der Waals surface area contributed by atoms with Gasteiger partial charge in [-0.2, -0.15) is 4.52 Å². The molecule has 1 N–H and O–H groups in total. The highest BCUT2D eigenvalue weighted by Crippen LogP contribution is 2.30. The lowest BCUT2D eigenvalue weighted by molar-refractivity contribution is -0.0821. The van der Waals surface area contributed by atoms with Gasteiger partial charge in [0.25, 0.3) is 0 Å². The fourth-order valence-electron chi connectivity index (χ4n) is 4.44. The fraction of sp³-hybridized carbons (Fsp3) is 0.737. The van der Waals surface area contributed by atoms with Crippen LogP contribution < -0.4 is 4.90 Å². The molecule has 0 unspecified atom stereocenters. The summed E-state index contributed by atoms with van der Waals surface area (Å²) in [5, 5.41) is 24.4. The van der Waals surface area contributed by atoms with Gasteiger partial charge in [0.2, 0.25) is 0 Å². The molecule has 8 nitrogen and oxygen atoms in total. The second-order valence-corrected chi connectivity index (χ2v) is 8.25. The molecular weight excluding hydrogens is 344 g/mol. The van der Waals surface area contributed by atoms with Crippen molar-refractivity contribution < 1.29 is 9.84 Å². The van der Waals surface area contributed by atoms with Crippen molar-refractivity contribution in [3.63, 3.8) is 0 Å². The van der Waals surface area contributed by atoms with E-state index in [0.29, 0.717) is 19.1 Å². The summed E-state index contributed by atoms with van der Waals surface area (Å²) in [5.74, 6) is 2.38. The van der Waals surface area contributed by atoms with E-state index < -0.39 is 5.60 Å². The third kappa shape index (κ3) is 3.41. The molecule has 146 valence electrons. The molecule has 0 radical (unpaired) electrons. The Morgan fingerprint density at radius 2 is 1.85 bits per heavy atom. The number of aliphatic hydroxyl groups is 1. The predicted octanol–water partition coefficient (Wildman–Crippen LogP) is 1.06. The Labute approximate surface area is 159 Å². The zero-order valence-electron chi connectivity index (χ0n) is 15.8. The molecule has 0 amide bonds. The Hall–Kier alpha value is -1.77. The molecule has 3 aliphatic rings. The highest BCUT2D eigenvalue weighted by molar-refractivity contribution is 5.47. The Kier molecular flexibility index (Phi) is 4.49. The van der Waals surface area contributed by atoms with Crippen LogP contribution in [0.1, 0.15) is 43.8 Å². The molecule has 0 atom stereocenters. The highest BCUT2D eigenvalue weighted by atomic mass is 16.5. The number of aromatic nitrogens is 4. The van der Waals surface area contributed by atoms with Gasteiger partial charge in [-0.05, 0) is 44.5 Å². The van der Waals surface area contributed by atoms with Crippen LogP contribution in [0.5, 0.6) is 0 Å². The number of rotatable bonds is 4. The number of hydrogen-bond donors (Lipinski definition) is 1. The number of nitrogens with zero attached hydrogens (tertiary/aromatic N) is 6. The van der Waals surface area contributed by atoms with E-state index in [1.807, 2.05) is 16.6 Å². The van der Waals surface area contributed by atoms with Gasteiger partial charge in [0.05, 0.1) is 5.60 Å². The van der Waals surface area contributed by atoms with Gasteiger partial charge in [-0.3, -0.25) is 0 Å². The number of hydrogen-bond acceptors (Lipinski definition) is 7. The quantitative estimate of drug-likeness (QED) is 0.859. The smallest absolute Gasteiger partial charge is 0.178 e. The summed E-state index contributed by atoms with van der Waals surface area (Å²) >= 11 is 0. The largest absolute Gasteiger partial charge is 0.388 e. The molecule has 2 aromatic heterocycles. The summed E-state index contributed by atoms with van der Waals surface area (Å²) in [4.78, 5) is 4.68. The molecule has 8 heteroatoms. The summed E-state index contributed by atoms with van der Waals surface area (Å²) in [5.41, 5.74) is 0.244. The molecule has 0 bridgehead atoms. The summed E-state index contributed by atoms with van der Waals surface area (Å²) in [6.45, 7) is 6.22. The molecule has 0 aromatic carbocycles. The second-order valence-electron chi connectivity index (χ2n) is 8.25. The van der Waals surface area contributed by atoms with E-state index in [4.69, 9.17) is 9.84 Å². The van der Waals surface area contributed by atoms with Gasteiger partial charge >= 0.3 is 0 Å². The Morgan fingerprint density at radius 1 is 1.07 bits per heavy atom. The minimum Gasteiger partial charge on any atom is -0.388 e. The molecule has 27 heavy (non-hydrogen) atoms. The summed E-state index contributed by atoms with van der Waals surface area (Å²) in [6.07, 6.45) is 4.79. The standard InChI is InChI=1S/C19H28N6O2/c26-19(6-12-27-13-7-19)14-23-10-4-15(5-11-23)18-21-20-16-2-3-17(22-25(16)18)24-8-1-9-24/h2-3,15,26H,1,4-14H2. The van der Waals surface area contributed by atoms with Gasteiger partial charge < -0.3 is 19.6 Å². The van der Waals surface area contributed by atoms with E-state index in [0.717, 1.165) is 75.7 Å². The molecule has 0 saturated carbocycles. The number of piperidine rings is 1. The van der Waals surface area contributed by atoms with Gasteiger partial charge in [0, 0.05) is 51.6 Å². The first kappa shape index (κ1) is 17.3. The van der Waals surface area contributed by atoms with E-state index in [1.165, 1.54) is 6.42 Å². The maximum absolute atomic E-state index is 10.8. The number of β-amino-alcohol motifs (C(OH)–C–C–N with tert-alkyl or cyclic N) is 1. The molecule has 0 spiro atoms. The maximum Gasteiger partial charge on any atom is 0.178 e. The Bertz CT molecular complexity index is 791. The van der Waals surface area contributed by atoms with Crippen LogP contribution in [0.4, 0.5) is 5.82 Å². The molecule has 3 fully saturated rings. The first-order valence-electron chi connectivity index (χ1n) is 10.2. The van der Waals surface area contributed by atoms with Crippen LogP contribution in [0.25, 0.3) is 5.65 Å². The first-order valence-corrected chi connectivity index (χ1v) is 10.2. The van der Waals surface area contributed by atoms with Crippen LogP contribution in [-0.2, 0) is 4.74 Å². The predicted molar refractivity (Wildman–Crippen MR) is 101 cm³/mol. The van der Waals surface area contributed by atoms with Gasteiger partial charge in [-0.1, -0.05) is 0 Å². The lowest BCUT2D eigenvalue weighted by atomic mass is 9.91. The van der Waals surface area contributed by atoms with Gasteiger partial charge in [-0.15, -0.1) is 15.3 Å². The minimum absolute atomic E-state index is 0.375. The molecular formula is C19H28N6O2. The SMILES string of the molecule is OC1(CN2CCC(c3nnc4ccc(N5CCC5)nn34)CC2)CCOCC1. The summed E-state index contributed by atoms with van der Waals surface area (Å²) in [7, 11) is 0. The molecule has 5 heterocycles. The van der Waals surface area contributed by atoms with E-state index in [-0.39, 0.29) is 0 Å². The molecule has 5 rings (SSSR count). The monoisotopic (exact) mass is 372 g/mol. The molecule has 3 saturated heterocycles. The maximum atomic E-state index is 10.8. The topological polar surface area (TPSA) is 79.0 Å². The van der Waals surface area contributed by atoms with Crippen molar-refractivity contribution in [3.05, 3.63) is 18.0 Å². The van der Waals surface area contributed by atoms with Crippen LogP contribution in [0.3, 0.4) is 0 Å². The fourth-order valence-corrected chi connectivity index (χ4v) is 4.44. The van der Waals surface area contributed by atoms with Gasteiger partial charge in [0.15, 0.2) is 11.5 Å². The third-order valence-electron chi connectivity index (χ3n) is 6.35. The summed E-state index contributed by atoms with van der Waals surface area (Å²) in [6, 6.07) is 4.07. The number of likely N-dealkylation sites (tertiary alicyclic amines) is 1. The van der Waals surface area contributed by atoms with Crippen molar-refractivity contribution in [2.75, 3.05) is 50.8 Å². The molecule has 0 aliphatic carbocycles. The molecule has 3 aliphatic heterocycles. The Balaban J connectivity index is 1.26. The van der Waals surface area contributed by atoms with E-state index in [9.17, 15) is 5.11 Å². The number of anilines is 1. The van der Waals surface area contributed by atoms with E-state index >= 15 is 0 Å². The first-order chi connectivity index (χ1) is 13.2. The van der Waals surface area contributed by atoms with Gasteiger partial charge in [0.1, 0.15) is 5.82 Å². The van der Waals surface area contributed by atoms with Crippen molar-refractivity contribution in [2.45, 2.75) is 43.6 Å². The zero-order chi connectivity index (χ0) is 18.3. The van der Waals surface area contributed by atoms with Crippen molar-refractivity contribution in [2.24, 2.45) is 0 Å². The normalized spacial score (nSPS) is 24.3. The highest BCUT2D eigenvalue weighted by Gasteiger charge is 2.34. The average Bonchev–Trinajstić information content (AvgIpc) is 3.05. The van der Waals surface area contributed by atoms with Crippen molar-refractivity contribution in [1.29, 1.82) is 0 Å².